The van der Waals surface area contributed by atoms with E-state index in [1.54, 1.807) is 0 Å². The standard InChI is InChI=1S/C21H23N3/c1-3-10-19-22-20(11-4-2)24-21(23-19)18-15-9-8-14-17(18)16-12-6-5-7-13-16/h5-9,12-15H,3-4,10-11H2,1-2H3. The number of aromatic nitrogens is 3. The maximum absolute atomic E-state index is 4.74. The molecule has 0 spiro atoms. The molecule has 1 heterocycles. The van der Waals surface area contributed by atoms with Gasteiger partial charge in [-0.15, -0.1) is 0 Å². The highest BCUT2D eigenvalue weighted by Gasteiger charge is 2.12. The minimum absolute atomic E-state index is 0.788. The summed E-state index contributed by atoms with van der Waals surface area (Å²) < 4.78 is 0. The molecule has 3 aromatic rings. The highest BCUT2D eigenvalue weighted by atomic mass is 15.0. The first-order valence-corrected chi connectivity index (χ1v) is 8.70. The minimum Gasteiger partial charge on any atom is -0.218 e. The van der Waals surface area contributed by atoms with E-state index in [1.165, 1.54) is 5.56 Å². The van der Waals surface area contributed by atoms with Gasteiger partial charge < -0.3 is 0 Å². The Bertz CT molecular complexity index is 773. The third kappa shape index (κ3) is 3.67. The van der Waals surface area contributed by atoms with Crippen LogP contribution in [0.25, 0.3) is 22.5 Å². The van der Waals surface area contributed by atoms with Crippen LogP contribution in [-0.2, 0) is 12.8 Å². The molecular weight excluding hydrogens is 294 g/mol. The predicted octanol–water partition coefficient (Wildman–Crippen LogP) is 5.11. The van der Waals surface area contributed by atoms with Crippen molar-refractivity contribution in [3.8, 4) is 22.5 Å². The van der Waals surface area contributed by atoms with E-state index in [-0.39, 0.29) is 0 Å². The molecule has 0 fully saturated rings. The topological polar surface area (TPSA) is 38.7 Å². The van der Waals surface area contributed by atoms with Gasteiger partial charge in [0, 0.05) is 18.4 Å². The number of aryl methyl sites for hydroxylation is 2. The molecule has 0 unspecified atom stereocenters. The largest absolute Gasteiger partial charge is 0.218 e. The minimum atomic E-state index is 0.788. The number of hydrogen-bond acceptors (Lipinski definition) is 3. The van der Waals surface area contributed by atoms with Crippen LogP contribution in [0.2, 0.25) is 0 Å². The molecule has 3 heteroatoms. The summed E-state index contributed by atoms with van der Waals surface area (Å²) in [6.45, 7) is 4.31. The highest BCUT2D eigenvalue weighted by molar-refractivity contribution is 5.80. The van der Waals surface area contributed by atoms with Crippen molar-refractivity contribution in [3.63, 3.8) is 0 Å². The molecule has 0 aliphatic carbocycles. The smallest absolute Gasteiger partial charge is 0.163 e. The van der Waals surface area contributed by atoms with Gasteiger partial charge in [-0.2, -0.15) is 0 Å². The normalized spacial score (nSPS) is 10.8. The second-order valence-corrected chi connectivity index (χ2v) is 5.90. The first-order chi connectivity index (χ1) is 11.8. The number of hydrogen-bond donors (Lipinski definition) is 0. The summed E-state index contributed by atoms with van der Waals surface area (Å²) in [5.41, 5.74) is 3.41. The SMILES string of the molecule is CCCc1nc(CCC)nc(-c2ccccc2-c2ccccc2)n1. The van der Waals surface area contributed by atoms with E-state index in [4.69, 9.17) is 9.97 Å². The molecule has 0 aliphatic rings. The molecule has 24 heavy (non-hydrogen) atoms. The van der Waals surface area contributed by atoms with E-state index in [9.17, 15) is 0 Å². The van der Waals surface area contributed by atoms with Crippen LogP contribution < -0.4 is 0 Å². The second kappa shape index (κ2) is 7.82. The predicted molar refractivity (Wildman–Crippen MR) is 98.7 cm³/mol. The molecule has 0 saturated heterocycles. The van der Waals surface area contributed by atoms with Crippen LogP contribution in [0, 0.1) is 0 Å². The molecule has 1 aromatic heterocycles. The Morgan fingerprint density at radius 2 is 1.17 bits per heavy atom. The van der Waals surface area contributed by atoms with Crippen molar-refractivity contribution < 1.29 is 0 Å². The second-order valence-electron chi connectivity index (χ2n) is 5.90. The fraction of sp³-hybridized carbons (Fsp3) is 0.286. The van der Waals surface area contributed by atoms with E-state index in [2.05, 4.69) is 61.3 Å². The maximum Gasteiger partial charge on any atom is 0.163 e. The zero-order valence-corrected chi connectivity index (χ0v) is 14.4. The summed E-state index contributed by atoms with van der Waals surface area (Å²) in [6.07, 6.45) is 3.85. The summed E-state index contributed by atoms with van der Waals surface area (Å²) in [7, 11) is 0. The van der Waals surface area contributed by atoms with Crippen LogP contribution in [-0.4, -0.2) is 15.0 Å². The van der Waals surface area contributed by atoms with Crippen LogP contribution in [0.3, 0.4) is 0 Å². The average Bonchev–Trinajstić information content (AvgIpc) is 2.63. The lowest BCUT2D eigenvalue weighted by Crippen LogP contribution is -2.06. The molecule has 0 atom stereocenters. The van der Waals surface area contributed by atoms with Gasteiger partial charge in [-0.3, -0.25) is 0 Å². The van der Waals surface area contributed by atoms with Gasteiger partial charge in [-0.1, -0.05) is 68.4 Å². The van der Waals surface area contributed by atoms with E-state index < -0.39 is 0 Å². The van der Waals surface area contributed by atoms with Crippen LogP contribution in [0.1, 0.15) is 38.3 Å². The fourth-order valence-corrected chi connectivity index (χ4v) is 2.81. The zero-order chi connectivity index (χ0) is 16.8. The lowest BCUT2D eigenvalue weighted by atomic mass is 9.99. The third-order valence-electron chi connectivity index (χ3n) is 3.93. The van der Waals surface area contributed by atoms with Crippen LogP contribution in [0.15, 0.2) is 54.6 Å². The van der Waals surface area contributed by atoms with Gasteiger partial charge in [0.05, 0.1) is 0 Å². The number of rotatable bonds is 6. The van der Waals surface area contributed by atoms with Gasteiger partial charge in [-0.25, -0.2) is 15.0 Å². The summed E-state index contributed by atoms with van der Waals surface area (Å²) >= 11 is 0. The molecular formula is C21H23N3. The lowest BCUT2D eigenvalue weighted by Gasteiger charge is -2.11. The molecule has 3 rings (SSSR count). The molecule has 0 aliphatic heterocycles. The Kier molecular flexibility index (Phi) is 5.32. The van der Waals surface area contributed by atoms with Gasteiger partial charge in [0.25, 0.3) is 0 Å². The maximum atomic E-state index is 4.74. The monoisotopic (exact) mass is 317 g/mol. The third-order valence-corrected chi connectivity index (χ3v) is 3.93. The molecule has 0 N–H and O–H groups in total. The summed E-state index contributed by atoms with van der Waals surface area (Å²) in [5.74, 6) is 2.58. The Labute approximate surface area is 143 Å². The quantitative estimate of drug-likeness (QED) is 0.634. The molecule has 2 aromatic carbocycles. The molecule has 122 valence electrons. The average molecular weight is 317 g/mol. The summed E-state index contributed by atoms with van der Waals surface area (Å²) in [5, 5.41) is 0. The van der Waals surface area contributed by atoms with Crippen LogP contribution >= 0.6 is 0 Å². The van der Waals surface area contributed by atoms with Crippen molar-refractivity contribution >= 4 is 0 Å². The van der Waals surface area contributed by atoms with E-state index in [0.717, 1.165) is 54.3 Å². The molecule has 0 bridgehead atoms. The summed E-state index contributed by atoms with van der Waals surface area (Å²) in [4.78, 5) is 14.1. The molecule has 0 amide bonds. The van der Waals surface area contributed by atoms with Gasteiger partial charge in [0.1, 0.15) is 11.6 Å². The number of benzene rings is 2. The first kappa shape index (κ1) is 16.3. The number of nitrogens with zero attached hydrogens (tertiary/aromatic N) is 3. The zero-order valence-electron chi connectivity index (χ0n) is 14.4. The van der Waals surface area contributed by atoms with Crippen molar-refractivity contribution in [2.24, 2.45) is 0 Å². The van der Waals surface area contributed by atoms with Gasteiger partial charge in [0.15, 0.2) is 5.82 Å². The molecule has 0 radical (unpaired) electrons. The van der Waals surface area contributed by atoms with Crippen molar-refractivity contribution in [2.75, 3.05) is 0 Å². The van der Waals surface area contributed by atoms with Crippen LogP contribution in [0.5, 0.6) is 0 Å². The summed E-state index contributed by atoms with van der Waals surface area (Å²) in [6, 6.07) is 18.7. The molecule has 3 nitrogen and oxygen atoms in total. The fourth-order valence-electron chi connectivity index (χ4n) is 2.81. The van der Waals surface area contributed by atoms with Crippen molar-refractivity contribution in [1.82, 2.24) is 15.0 Å². The Morgan fingerprint density at radius 3 is 1.75 bits per heavy atom. The van der Waals surface area contributed by atoms with E-state index >= 15 is 0 Å². The molecule has 0 saturated carbocycles. The van der Waals surface area contributed by atoms with Gasteiger partial charge in [0.2, 0.25) is 0 Å². The van der Waals surface area contributed by atoms with E-state index in [1.807, 2.05) is 12.1 Å². The van der Waals surface area contributed by atoms with Crippen molar-refractivity contribution in [3.05, 3.63) is 66.2 Å². The lowest BCUT2D eigenvalue weighted by molar-refractivity contribution is 0.758. The van der Waals surface area contributed by atoms with Gasteiger partial charge in [-0.05, 0) is 24.0 Å². The Hall–Kier alpha value is -2.55. The Balaban J connectivity index is 2.12. The van der Waals surface area contributed by atoms with Crippen molar-refractivity contribution in [1.29, 1.82) is 0 Å². The van der Waals surface area contributed by atoms with Crippen LogP contribution in [0.4, 0.5) is 0 Å². The van der Waals surface area contributed by atoms with E-state index in [0.29, 0.717) is 0 Å². The highest BCUT2D eigenvalue weighted by Crippen LogP contribution is 2.30. The van der Waals surface area contributed by atoms with Crippen molar-refractivity contribution in [2.45, 2.75) is 39.5 Å². The van der Waals surface area contributed by atoms with Gasteiger partial charge >= 0.3 is 0 Å². The Morgan fingerprint density at radius 1 is 0.625 bits per heavy atom. The first-order valence-electron chi connectivity index (χ1n) is 8.70.